The fraction of sp³-hybridized carbons (Fsp3) is 0.333. The molecule has 2 aromatic carbocycles. The molecule has 0 saturated heterocycles. The molecule has 0 fully saturated rings. The molecule has 142 valence electrons. The van der Waals surface area contributed by atoms with Gasteiger partial charge in [0, 0.05) is 22.0 Å². The third-order valence-electron chi connectivity index (χ3n) is 3.73. The topological polar surface area (TPSA) is 55.4 Å². The Kier molecular flexibility index (Phi) is 8.95. The summed E-state index contributed by atoms with van der Waals surface area (Å²) in [6.45, 7) is 2.00. The van der Waals surface area contributed by atoms with Crippen molar-refractivity contribution in [2.75, 3.05) is 30.7 Å². The highest BCUT2D eigenvalue weighted by molar-refractivity contribution is 14.1. The quantitative estimate of drug-likeness (QED) is 0.207. The van der Waals surface area contributed by atoms with Crippen LogP contribution < -0.4 is 5.32 Å². The van der Waals surface area contributed by atoms with Crippen LogP contribution in [0.2, 0.25) is 0 Å². The van der Waals surface area contributed by atoms with E-state index in [4.69, 9.17) is 4.74 Å². The van der Waals surface area contributed by atoms with Crippen molar-refractivity contribution in [3.63, 3.8) is 0 Å². The van der Waals surface area contributed by atoms with E-state index in [-0.39, 0.29) is 11.4 Å². The molecule has 0 heterocycles. The van der Waals surface area contributed by atoms with Crippen LogP contribution in [0.15, 0.2) is 57.9 Å². The first kappa shape index (κ1) is 21.7. The number of ether oxygens (including phenoxy) is 1. The first-order chi connectivity index (χ1) is 12.4. The van der Waals surface area contributed by atoms with Gasteiger partial charge in [-0.2, -0.15) is 0 Å². The standard InChI is InChI=1S/C18H20BrFINO3S/c19-15-3-1-14(2-4-15)18(13-22-10-12-25-11-9-21)26(23,24)17-7-5-16(20)6-8-17/h1-8,18,22H,9-13H2. The van der Waals surface area contributed by atoms with Gasteiger partial charge in [-0.3, -0.25) is 0 Å². The van der Waals surface area contributed by atoms with Gasteiger partial charge in [-0.1, -0.05) is 50.7 Å². The average molecular weight is 556 g/mol. The molecule has 0 bridgehead atoms. The molecule has 0 saturated carbocycles. The lowest BCUT2D eigenvalue weighted by Crippen LogP contribution is -2.29. The van der Waals surface area contributed by atoms with Crippen molar-refractivity contribution in [1.82, 2.24) is 5.32 Å². The van der Waals surface area contributed by atoms with Crippen LogP contribution in [-0.2, 0) is 14.6 Å². The average Bonchev–Trinajstić information content (AvgIpc) is 2.62. The molecule has 0 spiro atoms. The summed E-state index contributed by atoms with van der Waals surface area (Å²) >= 11 is 5.60. The summed E-state index contributed by atoms with van der Waals surface area (Å²) < 4.78 is 46.5. The zero-order valence-corrected chi connectivity index (χ0v) is 18.6. The molecule has 1 atom stereocenters. The minimum atomic E-state index is -3.67. The Morgan fingerprint density at radius 1 is 1.08 bits per heavy atom. The van der Waals surface area contributed by atoms with Crippen molar-refractivity contribution in [2.24, 2.45) is 0 Å². The van der Waals surface area contributed by atoms with Gasteiger partial charge in [0.1, 0.15) is 11.1 Å². The number of hydrogen-bond acceptors (Lipinski definition) is 4. The Labute approximate surface area is 175 Å². The van der Waals surface area contributed by atoms with E-state index >= 15 is 0 Å². The summed E-state index contributed by atoms with van der Waals surface area (Å²) in [6.07, 6.45) is 0. The fourth-order valence-corrected chi connectivity index (χ4v) is 4.68. The summed E-state index contributed by atoms with van der Waals surface area (Å²) in [7, 11) is -3.67. The van der Waals surface area contributed by atoms with E-state index < -0.39 is 20.9 Å². The van der Waals surface area contributed by atoms with E-state index in [0.717, 1.165) is 21.0 Å². The summed E-state index contributed by atoms with van der Waals surface area (Å²) in [5.74, 6) is -0.463. The lowest BCUT2D eigenvalue weighted by molar-refractivity contribution is 0.153. The number of benzene rings is 2. The highest BCUT2D eigenvalue weighted by Crippen LogP contribution is 2.29. The third kappa shape index (κ3) is 6.26. The van der Waals surface area contributed by atoms with Crippen molar-refractivity contribution >= 4 is 48.4 Å². The van der Waals surface area contributed by atoms with E-state index in [2.05, 4.69) is 43.8 Å². The smallest absolute Gasteiger partial charge is 0.186 e. The molecule has 4 nitrogen and oxygen atoms in total. The molecule has 0 aromatic heterocycles. The molecule has 2 rings (SSSR count). The van der Waals surface area contributed by atoms with Crippen LogP contribution in [0, 0.1) is 5.82 Å². The van der Waals surface area contributed by atoms with Crippen LogP contribution >= 0.6 is 38.5 Å². The molecular formula is C18H20BrFINO3S. The van der Waals surface area contributed by atoms with Gasteiger partial charge >= 0.3 is 0 Å². The van der Waals surface area contributed by atoms with Gasteiger partial charge in [0.05, 0.1) is 18.1 Å². The molecule has 0 aliphatic carbocycles. The molecule has 0 aliphatic heterocycles. The van der Waals surface area contributed by atoms with Gasteiger partial charge in [0.2, 0.25) is 0 Å². The van der Waals surface area contributed by atoms with Gasteiger partial charge in [0.15, 0.2) is 9.84 Å². The lowest BCUT2D eigenvalue weighted by Gasteiger charge is -2.19. The lowest BCUT2D eigenvalue weighted by atomic mass is 10.1. The molecule has 26 heavy (non-hydrogen) atoms. The highest BCUT2D eigenvalue weighted by atomic mass is 127. The van der Waals surface area contributed by atoms with Crippen molar-refractivity contribution < 1.29 is 17.5 Å². The zero-order valence-electron chi connectivity index (χ0n) is 14.0. The minimum Gasteiger partial charge on any atom is -0.379 e. The van der Waals surface area contributed by atoms with Crippen molar-refractivity contribution in [1.29, 1.82) is 0 Å². The second-order valence-corrected chi connectivity index (χ2v) is 9.67. The maximum atomic E-state index is 13.2. The summed E-state index contributed by atoms with van der Waals surface area (Å²) in [4.78, 5) is 0.106. The highest BCUT2D eigenvalue weighted by Gasteiger charge is 2.28. The van der Waals surface area contributed by atoms with Crippen LogP contribution in [-0.4, -0.2) is 39.1 Å². The van der Waals surface area contributed by atoms with Crippen LogP contribution in [0.3, 0.4) is 0 Å². The Morgan fingerprint density at radius 3 is 2.35 bits per heavy atom. The normalized spacial score (nSPS) is 12.9. The minimum absolute atomic E-state index is 0.106. The number of halogens is 3. The summed E-state index contributed by atoms with van der Waals surface area (Å²) in [5, 5.41) is 2.38. The SMILES string of the molecule is O=S(=O)(c1ccc(F)cc1)C(CNCCOCCI)c1ccc(Br)cc1. The molecule has 1 unspecified atom stereocenters. The second-order valence-electron chi connectivity index (χ2n) is 5.54. The first-order valence-corrected chi connectivity index (χ1v) is 11.9. The first-order valence-electron chi connectivity index (χ1n) is 8.04. The third-order valence-corrected chi connectivity index (χ3v) is 6.82. The van der Waals surface area contributed by atoms with Crippen LogP contribution in [0.25, 0.3) is 0 Å². The molecule has 2 aromatic rings. The Bertz CT molecular complexity index is 785. The fourth-order valence-electron chi connectivity index (χ4n) is 2.41. The van der Waals surface area contributed by atoms with Crippen molar-refractivity contribution in [2.45, 2.75) is 10.1 Å². The van der Waals surface area contributed by atoms with Gasteiger partial charge in [0.25, 0.3) is 0 Å². The predicted molar refractivity (Wildman–Crippen MR) is 113 cm³/mol. The number of rotatable bonds is 10. The maximum Gasteiger partial charge on any atom is 0.186 e. The Hall–Kier alpha value is -0.550. The van der Waals surface area contributed by atoms with E-state index in [0.29, 0.717) is 25.3 Å². The molecule has 0 aliphatic rings. The predicted octanol–water partition coefficient (Wildman–Crippen LogP) is 4.14. The summed E-state index contributed by atoms with van der Waals surface area (Å²) in [6, 6.07) is 12.1. The molecule has 0 amide bonds. The number of hydrogen-bond donors (Lipinski definition) is 1. The van der Waals surface area contributed by atoms with E-state index in [1.54, 1.807) is 12.1 Å². The Morgan fingerprint density at radius 2 is 1.73 bits per heavy atom. The number of nitrogens with one attached hydrogen (secondary N) is 1. The van der Waals surface area contributed by atoms with E-state index in [9.17, 15) is 12.8 Å². The maximum absolute atomic E-state index is 13.2. The van der Waals surface area contributed by atoms with Crippen molar-refractivity contribution in [3.8, 4) is 0 Å². The van der Waals surface area contributed by atoms with Crippen LogP contribution in [0.1, 0.15) is 10.8 Å². The second kappa shape index (κ2) is 10.7. The van der Waals surface area contributed by atoms with Gasteiger partial charge in [-0.15, -0.1) is 0 Å². The van der Waals surface area contributed by atoms with Gasteiger partial charge in [-0.05, 0) is 42.0 Å². The number of sulfone groups is 1. The Balaban J connectivity index is 2.19. The van der Waals surface area contributed by atoms with E-state index in [1.165, 1.54) is 12.1 Å². The molecule has 0 radical (unpaired) electrons. The number of alkyl halides is 1. The van der Waals surface area contributed by atoms with Gasteiger partial charge < -0.3 is 10.1 Å². The van der Waals surface area contributed by atoms with Crippen LogP contribution in [0.5, 0.6) is 0 Å². The molecule has 8 heteroatoms. The monoisotopic (exact) mass is 555 g/mol. The largest absolute Gasteiger partial charge is 0.379 e. The zero-order chi connectivity index (χ0) is 19.0. The summed E-state index contributed by atoms with van der Waals surface area (Å²) in [5.41, 5.74) is 0.679. The van der Waals surface area contributed by atoms with Crippen molar-refractivity contribution in [3.05, 3.63) is 64.4 Å². The van der Waals surface area contributed by atoms with E-state index in [1.807, 2.05) is 12.1 Å². The van der Waals surface area contributed by atoms with Gasteiger partial charge in [-0.25, -0.2) is 12.8 Å². The molecular weight excluding hydrogens is 536 g/mol. The van der Waals surface area contributed by atoms with Crippen LogP contribution in [0.4, 0.5) is 4.39 Å². The molecule has 1 N–H and O–H groups in total.